The lowest BCUT2D eigenvalue weighted by Crippen LogP contribution is -2.15. The van der Waals surface area contributed by atoms with Gasteiger partial charge in [0.2, 0.25) is 0 Å². The Hall–Kier alpha value is -2.12. The average Bonchev–Trinajstić information content (AvgIpc) is 2.64. The lowest BCUT2D eigenvalue weighted by molar-refractivity contribution is -0.152. The van der Waals surface area contributed by atoms with Gasteiger partial charge in [-0.1, -0.05) is 27.7 Å². The van der Waals surface area contributed by atoms with Crippen molar-refractivity contribution in [2.24, 2.45) is 11.8 Å². The first-order valence-corrected chi connectivity index (χ1v) is 9.88. The summed E-state index contributed by atoms with van der Waals surface area (Å²) in [4.78, 5) is 45.5. The summed E-state index contributed by atoms with van der Waals surface area (Å²) in [5, 5.41) is 0. The zero-order chi connectivity index (χ0) is 21.4. The number of carbonyl (C=O) groups excluding carboxylic acids is 4. The van der Waals surface area contributed by atoms with Gasteiger partial charge in [-0.3, -0.25) is 19.2 Å². The van der Waals surface area contributed by atoms with Crippen molar-refractivity contribution in [2.75, 3.05) is 26.4 Å². The Labute approximate surface area is 167 Å². The topological polar surface area (TPSA) is 105 Å². The molecule has 0 unspecified atom stereocenters. The number of carbonyl (C=O) groups is 4. The van der Waals surface area contributed by atoms with Crippen LogP contribution in [0.1, 0.15) is 66.2 Å². The molecule has 0 N–H and O–H groups in total. The minimum absolute atomic E-state index is 0.0128. The second-order valence-electron chi connectivity index (χ2n) is 7.00. The van der Waals surface area contributed by atoms with Gasteiger partial charge in [0.15, 0.2) is 0 Å². The number of unbranched alkanes of at least 4 members (excludes halogenated alkanes) is 2. The zero-order valence-electron chi connectivity index (χ0n) is 17.5. The van der Waals surface area contributed by atoms with E-state index in [-0.39, 0.29) is 61.8 Å². The molecule has 0 saturated carbocycles. The lowest BCUT2D eigenvalue weighted by Gasteiger charge is -2.08. The molecule has 0 aromatic carbocycles. The van der Waals surface area contributed by atoms with Crippen LogP contribution in [0.3, 0.4) is 0 Å². The van der Waals surface area contributed by atoms with E-state index in [1.54, 1.807) is 27.7 Å². The van der Waals surface area contributed by atoms with Gasteiger partial charge >= 0.3 is 23.9 Å². The summed E-state index contributed by atoms with van der Waals surface area (Å²) in [7, 11) is 0. The van der Waals surface area contributed by atoms with Gasteiger partial charge in [0.05, 0.1) is 25.0 Å². The van der Waals surface area contributed by atoms with Gasteiger partial charge in [0.1, 0.15) is 13.2 Å². The molecule has 0 aliphatic carbocycles. The first kappa shape index (κ1) is 25.9. The van der Waals surface area contributed by atoms with Gasteiger partial charge in [0, 0.05) is 12.8 Å². The molecule has 8 heteroatoms. The van der Waals surface area contributed by atoms with E-state index in [9.17, 15) is 19.2 Å². The molecule has 162 valence electrons. The molecule has 0 amide bonds. The Kier molecular flexibility index (Phi) is 14.7. The van der Waals surface area contributed by atoms with Crippen molar-refractivity contribution < 1.29 is 38.1 Å². The fourth-order valence-electron chi connectivity index (χ4n) is 1.88. The summed E-state index contributed by atoms with van der Waals surface area (Å²) in [5.74, 6) is -1.57. The minimum atomic E-state index is -0.377. The second-order valence-corrected chi connectivity index (χ2v) is 7.00. The maximum atomic E-state index is 11.5. The zero-order valence-corrected chi connectivity index (χ0v) is 17.5. The molecule has 0 radical (unpaired) electrons. The highest BCUT2D eigenvalue weighted by molar-refractivity contribution is 5.72. The maximum Gasteiger partial charge on any atom is 0.308 e. The van der Waals surface area contributed by atoms with Crippen LogP contribution in [0.4, 0.5) is 0 Å². The fraction of sp³-hybridized carbons (Fsp3) is 0.800. The first-order valence-electron chi connectivity index (χ1n) is 9.88. The Morgan fingerprint density at radius 2 is 0.893 bits per heavy atom. The molecule has 0 aliphatic heterocycles. The van der Waals surface area contributed by atoms with Crippen LogP contribution in [0.5, 0.6) is 0 Å². The molecule has 0 aromatic rings. The number of esters is 4. The molecule has 0 rings (SSSR count). The van der Waals surface area contributed by atoms with Crippen LogP contribution in [0.15, 0.2) is 0 Å². The van der Waals surface area contributed by atoms with Crippen LogP contribution in [-0.2, 0) is 38.1 Å². The predicted octanol–water partition coefficient (Wildman–Crippen LogP) is 2.81. The van der Waals surface area contributed by atoms with E-state index in [0.717, 1.165) is 0 Å². The monoisotopic (exact) mass is 402 g/mol. The molecule has 8 nitrogen and oxygen atoms in total. The Morgan fingerprint density at radius 1 is 0.536 bits per heavy atom. The summed E-state index contributed by atoms with van der Waals surface area (Å²) in [6.07, 6.45) is 2.76. The van der Waals surface area contributed by atoms with Crippen molar-refractivity contribution in [1.29, 1.82) is 0 Å². The van der Waals surface area contributed by atoms with Crippen LogP contribution in [0.25, 0.3) is 0 Å². The van der Waals surface area contributed by atoms with Crippen LogP contribution >= 0.6 is 0 Å². The Bertz CT molecular complexity index is 441. The van der Waals surface area contributed by atoms with Crippen LogP contribution < -0.4 is 0 Å². The van der Waals surface area contributed by atoms with Crippen LogP contribution in [0, 0.1) is 11.8 Å². The molecule has 0 aromatic heterocycles. The second kappa shape index (κ2) is 15.9. The molecule has 0 spiro atoms. The average molecular weight is 402 g/mol. The van der Waals surface area contributed by atoms with Gasteiger partial charge < -0.3 is 18.9 Å². The summed E-state index contributed by atoms with van der Waals surface area (Å²) in [6, 6.07) is 0. The van der Waals surface area contributed by atoms with Crippen molar-refractivity contribution in [2.45, 2.75) is 66.2 Å². The largest absolute Gasteiger partial charge is 0.465 e. The number of rotatable bonds is 15. The predicted molar refractivity (Wildman–Crippen MR) is 101 cm³/mol. The molecule has 0 saturated heterocycles. The highest BCUT2D eigenvalue weighted by atomic mass is 16.6. The Balaban J connectivity index is 3.50. The fourth-order valence-corrected chi connectivity index (χ4v) is 1.88. The van der Waals surface area contributed by atoms with E-state index in [1.807, 2.05) is 0 Å². The van der Waals surface area contributed by atoms with E-state index in [0.29, 0.717) is 38.9 Å². The SMILES string of the molecule is CC(C)C(=O)OCCCCC(=O)OCCOC(=O)CCCCOC(=O)C(C)C. The Morgan fingerprint density at radius 3 is 1.21 bits per heavy atom. The molecule has 0 aliphatic rings. The molecular weight excluding hydrogens is 368 g/mol. The number of hydrogen-bond acceptors (Lipinski definition) is 8. The van der Waals surface area contributed by atoms with E-state index in [2.05, 4.69) is 0 Å². The molecule has 28 heavy (non-hydrogen) atoms. The number of ether oxygens (including phenoxy) is 4. The van der Waals surface area contributed by atoms with Crippen molar-refractivity contribution in [3.8, 4) is 0 Å². The summed E-state index contributed by atoms with van der Waals surface area (Å²) in [5.41, 5.74) is 0. The van der Waals surface area contributed by atoms with E-state index in [4.69, 9.17) is 18.9 Å². The minimum Gasteiger partial charge on any atom is -0.465 e. The smallest absolute Gasteiger partial charge is 0.308 e. The van der Waals surface area contributed by atoms with E-state index >= 15 is 0 Å². The van der Waals surface area contributed by atoms with Gasteiger partial charge in [-0.15, -0.1) is 0 Å². The summed E-state index contributed by atoms with van der Waals surface area (Å²) >= 11 is 0. The van der Waals surface area contributed by atoms with Crippen LogP contribution in [0.2, 0.25) is 0 Å². The summed E-state index contributed by atoms with van der Waals surface area (Å²) in [6.45, 7) is 7.65. The molecule has 0 fully saturated rings. The van der Waals surface area contributed by atoms with Crippen LogP contribution in [-0.4, -0.2) is 50.3 Å². The third kappa shape index (κ3) is 15.0. The molecule has 0 heterocycles. The standard InChI is InChI=1S/C20H34O8/c1-15(2)19(23)27-11-7-5-9-17(21)25-13-14-26-18(22)10-6-8-12-28-20(24)16(3)4/h15-16H,5-14H2,1-4H3. The summed E-state index contributed by atoms with van der Waals surface area (Å²) < 4.78 is 20.0. The highest BCUT2D eigenvalue weighted by Crippen LogP contribution is 2.03. The van der Waals surface area contributed by atoms with E-state index < -0.39 is 0 Å². The normalized spacial score (nSPS) is 10.6. The molecule has 0 bridgehead atoms. The molecular formula is C20H34O8. The van der Waals surface area contributed by atoms with Gasteiger partial charge in [-0.25, -0.2) is 0 Å². The van der Waals surface area contributed by atoms with Gasteiger partial charge in [0.25, 0.3) is 0 Å². The van der Waals surface area contributed by atoms with E-state index in [1.165, 1.54) is 0 Å². The van der Waals surface area contributed by atoms with Crippen molar-refractivity contribution in [1.82, 2.24) is 0 Å². The lowest BCUT2D eigenvalue weighted by atomic mass is 10.2. The first-order chi connectivity index (χ1) is 13.2. The van der Waals surface area contributed by atoms with Crippen molar-refractivity contribution >= 4 is 23.9 Å². The third-order valence-electron chi connectivity index (χ3n) is 3.59. The maximum absolute atomic E-state index is 11.5. The van der Waals surface area contributed by atoms with Gasteiger partial charge in [-0.05, 0) is 25.7 Å². The third-order valence-corrected chi connectivity index (χ3v) is 3.59. The quantitative estimate of drug-likeness (QED) is 0.234. The van der Waals surface area contributed by atoms with Crippen molar-refractivity contribution in [3.63, 3.8) is 0 Å². The number of hydrogen-bond donors (Lipinski definition) is 0. The highest BCUT2D eigenvalue weighted by Gasteiger charge is 2.10. The molecule has 0 atom stereocenters. The van der Waals surface area contributed by atoms with Gasteiger partial charge in [-0.2, -0.15) is 0 Å². The van der Waals surface area contributed by atoms with Crippen molar-refractivity contribution in [3.05, 3.63) is 0 Å².